The van der Waals surface area contributed by atoms with E-state index in [2.05, 4.69) is 14.9 Å². The summed E-state index contributed by atoms with van der Waals surface area (Å²) in [5.41, 5.74) is 0.698. The molecule has 0 radical (unpaired) electrons. The molecule has 2 fully saturated rings. The summed E-state index contributed by atoms with van der Waals surface area (Å²) < 4.78 is 13.9. The first kappa shape index (κ1) is 15.2. The van der Waals surface area contributed by atoms with E-state index in [1.165, 1.54) is 0 Å². The van der Waals surface area contributed by atoms with Crippen LogP contribution in [0.1, 0.15) is 31.2 Å². The Morgan fingerprint density at radius 1 is 1.38 bits per heavy atom. The van der Waals surface area contributed by atoms with Gasteiger partial charge in [0.05, 0.1) is 16.8 Å². The monoisotopic (exact) mass is 324 g/mol. The molecular weight excluding hydrogens is 306 g/mol. The topological polar surface area (TPSA) is 72.8 Å². The average Bonchev–Trinajstić information content (AvgIpc) is 2.52. The van der Waals surface area contributed by atoms with E-state index in [0.717, 1.165) is 25.9 Å². The Kier molecular flexibility index (Phi) is 3.21. The molecule has 24 heavy (non-hydrogen) atoms. The SMILES string of the molecule is BC1(F)CC2(CCN(c3c(C#N)c(=O)[nH]c4cccnc34)CC2)C1. The van der Waals surface area contributed by atoms with Crippen LogP contribution in [-0.2, 0) is 0 Å². The van der Waals surface area contributed by atoms with E-state index < -0.39 is 5.57 Å². The van der Waals surface area contributed by atoms with Crippen LogP contribution >= 0.6 is 0 Å². The molecule has 1 spiro atoms. The predicted octanol–water partition coefficient (Wildman–Crippen LogP) is 1.47. The highest BCUT2D eigenvalue weighted by atomic mass is 19.1. The molecule has 3 heterocycles. The van der Waals surface area contributed by atoms with Crippen molar-refractivity contribution in [2.45, 2.75) is 31.3 Å². The first-order valence-electron chi connectivity index (χ1n) is 8.28. The first-order chi connectivity index (χ1) is 11.4. The summed E-state index contributed by atoms with van der Waals surface area (Å²) >= 11 is 0. The minimum absolute atomic E-state index is 0.0945. The van der Waals surface area contributed by atoms with E-state index in [1.807, 2.05) is 6.07 Å². The van der Waals surface area contributed by atoms with Crippen LogP contribution in [0.5, 0.6) is 0 Å². The Labute approximate surface area is 139 Å². The molecule has 0 atom stereocenters. The van der Waals surface area contributed by atoms with Gasteiger partial charge in [-0.1, -0.05) is 0 Å². The molecule has 2 aromatic rings. The highest BCUT2D eigenvalue weighted by Crippen LogP contribution is 2.55. The fourth-order valence-corrected chi connectivity index (χ4v) is 4.59. The van der Waals surface area contributed by atoms with Gasteiger partial charge in [0.1, 0.15) is 25.0 Å². The van der Waals surface area contributed by atoms with Gasteiger partial charge in [0.2, 0.25) is 0 Å². The van der Waals surface area contributed by atoms with Crippen LogP contribution < -0.4 is 10.5 Å². The number of rotatable bonds is 1. The quantitative estimate of drug-likeness (QED) is 0.807. The van der Waals surface area contributed by atoms with Crippen molar-refractivity contribution >= 4 is 24.6 Å². The normalized spacial score (nSPS) is 21.4. The maximum Gasteiger partial charge on any atom is 0.268 e. The predicted molar refractivity (Wildman–Crippen MR) is 92.6 cm³/mol. The van der Waals surface area contributed by atoms with Crippen molar-refractivity contribution in [1.82, 2.24) is 9.97 Å². The number of piperidine rings is 1. The fourth-order valence-electron chi connectivity index (χ4n) is 4.59. The Morgan fingerprint density at radius 2 is 2.08 bits per heavy atom. The second-order valence-electron chi connectivity index (χ2n) is 7.44. The van der Waals surface area contributed by atoms with Crippen LogP contribution in [-0.4, -0.2) is 36.5 Å². The van der Waals surface area contributed by atoms with Crippen LogP contribution in [0.2, 0.25) is 0 Å². The summed E-state index contributed by atoms with van der Waals surface area (Å²) in [6, 6.07) is 5.58. The van der Waals surface area contributed by atoms with E-state index in [0.29, 0.717) is 29.6 Å². The molecule has 0 aromatic carbocycles. The van der Waals surface area contributed by atoms with Crippen molar-refractivity contribution in [3.8, 4) is 6.07 Å². The number of hydrogen-bond acceptors (Lipinski definition) is 4. The summed E-state index contributed by atoms with van der Waals surface area (Å²) in [5.74, 6) is 0. The van der Waals surface area contributed by atoms with Gasteiger partial charge in [-0.05, 0) is 43.2 Å². The molecule has 1 aliphatic heterocycles. The summed E-state index contributed by atoms with van der Waals surface area (Å²) in [4.78, 5) is 21.4. The maximum atomic E-state index is 13.9. The van der Waals surface area contributed by atoms with Crippen molar-refractivity contribution in [2.75, 3.05) is 18.0 Å². The van der Waals surface area contributed by atoms with Crippen LogP contribution in [0.25, 0.3) is 11.0 Å². The number of aromatic nitrogens is 2. The molecule has 1 saturated heterocycles. The molecule has 1 aliphatic carbocycles. The lowest BCUT2D eigenvalue weighted by molar-refractivity contribution is -0.0251. The van der Waals surface area contributed by atoms with Crippen LogP contribution in [0, 0.1) is 16.7 Å². The third-order valence-corrected chi connectivity index (χ3v) is 5.48. The van der Waals surface area contributed by atoms with Crippen LogP contribution in [0.4, 0.5) is 10.1 Å². The van der Waals surface area contributed by atoms with E-state index in [-0.39, 0.29) is 16.5 Å². The number of nitrogens with one attached hydrogen (secondary N) is 1. The zero-order chi connectivity index (χ0) is 16.9. The van der Waals surface area contributed by atoms with Gasteiger partial charge in [-0.2, -0.15) is 5.26 Å². The van der Waals surface area contributed by atoms with Gasteiger partial charge < -0.3 is 9.88 Å². The maximum absolute atomic E-state index is 13.9. The Bertz CT molecular complexity index is 899. The van der Waals surface area contributed by atoms with Crippen LogP contribution in [0.15, 0.2) is 23.1 Å². The number of nitriles is 1. The lowest BCUT2D eigenvalue weighted by Crippen LogP contribution is -2.54. The summed E-state index contributed by atoms with van der Waals surface area (Å²) in [6.07, 6.45) is 4.68. The number of anilines is 1. The first-order valence-corrected chi connectivity index (χ1v) is 8.28. The number of fused-ring (bicyclic) bond motifs is 1. The minimum Gasteiger partial charge on any atom is -0.368 e. The molecular formula is C17H18BFN4O. The van der Waals surface area contributed by atoms with Gasteiger partial charge in [-0.3, -0.25) is 14.2 Å². The van der Waals surface area contributed by atoms with Gasteiger partial charge in [0.15, 0.2) is 0 Å². The fraction of sp³-hybridized carbons (Fsp3) is 0.471. The van der Waals surface area contributed by atoms with Gasteiger partial charge in [0, 0.05) is 19.3 Å². The van der Waals surface area contributed by atoms with Crippen molar-refractivity contribution < 1.29 is 4.39 Å². The average molecular weight is 324 g/mol. The number of hydrogen-bond donors (Lipinski definition) is 1. The molecule has 0 unspecified atom stereocenters. The Hall–Kier alpha value is -2.36. The molecule has 0 bridgehead atoms. The molecule has 0 amide bonds. The van der Waals surface area contributed by atoms with E-state index in [9.17, 15) is 14.4 Å². The van der Waals surface area contributed by atoms with Crippen molar-refractivity contribution in [2.24, 2.45) is 5.41 Å². The molecule has 4 rings (SSSR count). The highest BCUT2D eigenvalue weighted by molar-refractivity contribution is 6.15. The molecule has 2 aliphatic rings. The summed E-state index contributed by atoms with van der Waals surface area (Å²) in [6.45, 7) is 1.44. The Morgan fingerprint density at radius 3 is 2.71 bits per heavy atom. The minimum atomic E-state index is -1.03. The highest BCUT2D eigenvalue weighted by Gasteiger charge is 2.53. The number of alkyl halides is 1. The lowest BCUT2D eigenvalue weighted by atomic mass is 9.49. The number of pyridine rings is 2. The molecule has 1 saturated carbocycles. The van der Waals surface area contributed by atoms with E-state index in [4.69, 9.17) is 0 Å². The van der Waals surface area contributed by atoms with Gasteiger partial charge in [-0.25, -0.2) is 0 Å². The van der Waals surface area contributed by atoms with Gasteiger partial charge >= 0.3 is 0 Å². The number of aromatic amines is 1. The van der Waals surface area contributed by atoms with E-state index >= 15 is 0 Å². The molecule has 2 aromatic heterocycles. The van der Waals surface area contributed by atoms with Crippen LogP contribution in [0.3, 0.4) is 0 Å². The number of nitrogens with zero attached hydrogens (tertiary/aromatic N) is 3. The number of halogens is 1. The van der Waals surface area contributed by atoms with Crippen molar-refractivity contribution in [3.05, 3.63) is 34.2 Å². The number of H-pyrrole nitrogens is 1. The summed E-state index contributed by atoms with van der Waals surface area (Å²) in [5, 5.41) is 9.44. The third-order valence-electron chi connectivity index (χ3n) is 5.48. The molecule has 122 valence electrons. The smallest absolute Gasteiger partial charge is 0.268 e. The second-order valence-corrected chi connectivity index (χ2v) is 7.44. The largest absolute Gasteiger partial charge is 0.368 e. The standard InChI is InChI=1S/C17H18BFN4O/c18-17(19)9-16(10-17)3-6-23(7-4-16)14-11(8-20)15(24)22-12-2-1-5-21-13(12)14/h1-2,5H,3-4,6-7,9-10,18H2,(H,22,24). The van der Waals surface area contributed by atoms with Crippen molar-refractivity contribution in [3.63, 3.8) is 0 Å². The van der Waals surface area contributed by atoms with E-state index in [1.54, 1.807) is 26.2 Å². The zero-order valence-corrected chi connectivity index (χ0v) is 13.6. The Balaban J connectivity index is 1.70. The summed E-state index contributed by atoms with van der Waals surface area (Å²) in [7, 11) is 1.67. The molecule has 5 nitrogen and oxygen atoms in total. The molecule has 7 heteroatoms. The third kappa shape index (κ3) is 2.29. The van der Waals surface area contributed by atoms with Gasteiger partial charge in [0.25, 0.3) is 5.56 Å². The lowest BCUT2D eigenvalue weighted by Gasteiger charge is -2.55. The second kappa shape index (κ2) is 5.07. The van der Waals surface area contributed by atoms with Crippen molar-refractivity contribution in [1.29, 1.82) is 5.26 Å². The van der Waals surface area contributed by atoms with Gasteiger partial charge in [-0.15, -0.1) is 0 Å². The molecule has 1 N–H and O–H groups in total. The zero-order valence-electron chi connectivity index (χ0n) is 13.6.